The van der Waals surface area contributed by atoms with Gasteiger partial charge in [-0.05, 0) is 62.2 Å². The summed E-state index contributed by atoms with van der Waals surface area (Å²) in [5.74, 6) is 1.14. The molecule has 4 fully saturated rings. The highest BCUT2D eigenvalue weighted by Crippen LogP contribution is 2.69. The summed E-state index contributed by atoms with van der Waals surface area (Å²) in [5, 5.41) is 0.0315. The van der Waals surface area contributed by atoms with Crippen LogP contribution < -0.4 is 0 Å². The standard InChI is InChI=1S/C17H28ClNO/c1-12(18)8-19(4)14(20)17-7-13-5-15(2,10-17)9-16(3,6-13)11-17/h12-13H,5-11H2,1-4H3. The van der Waals surface area contributed by atoms with E-state index >= 15 is 0 Å². The molecule has 4 bridgehead atoms. The smallest absolute Gasteiger partial charge is 0.228 e. The van der Waals surface area contributed by atoms with Crippen molar-refractivity contribution in [1.29, 1.82) is 0 Å². The zero-order valence-corrected chi connectivity index (χ0v) is 14.1. The zero-order chi connectivity index (χ0) is 14.8. The number of rotatable bonds is 3. The van der Waals surface area contributed by atoms with E-state index in [4.69, 9.17) is 11.6 Å². The number of halogens is 1. The summed E-state index contributed by atoms with van der Waals surface area (Å²) < 4.78 is 0. The average Bonchev–Trinajstić information content (AvgIpc) is 2.21. The maximum absolute atomic E-state index is 13.1. The SMILES string of the molecule is CC(Cl)CN(C)C(=O)C12CC3CC(C)(CC(C)(C3)C1)C2. The summed E-state index contributed by atoms with van der Waals surface area (Å²) in [6.07, 6.45) is 7.33. The van der Waals surface area contributed by atoms with Crippen LogP contribution in [0.5, 0.6) is 0 Å². The minimum Gasteiger partial charge on any atom is -0.344 e. The molecule has 0 radical (unpaired) electrons. The van der Waals surface area contributed by atoms with Gasteiger partial charge < -0.3 is 4.90 Å². The van der Waals surface area contributed by atoms with Crippen molar-refractivity contribution in [2.45, 2.75) is 64.7 Å². The average molecular weight is 298 g/mol. The summed E-state index contributed by atoms with van der Waals surface area (Å²) in [4.78, 5) is 15.0. The Kier molecular flexibility index (Phi) is 3.22. The van der Waals surface area contributed by atoms with Crippen LogP contribution in [0.3, 0.4) is 0 Å². The molecule has 3 heteroatoms. The van der Waals surface area contributed by atoms with E-state index in [9.17, 15) is 4.79 Å². The Morgan fingerprint density at radius 1 is 1.20 bits per heavy atom. The molecule has 4 aliphatic rings. The van der Waals surface area contributed by atoms with Crippen molar-refractivity contribution in [3.05, 3.63) is 0 Å². The van der Waals surface area contributed by atoms with Crippen LogP contribution in [0.4, 0.5) is 0 Å². The van der Waals surface area contributed by atoms with Crippen LogP contribution >= 0.6 is 11.6 Å². The van der Waals surface area contributed by atoms with Crippen molar-refractivity contribution in [3.8, 4) is 0 Å². The Balaban J connectivity index is 1.87. The van der Waals surface area contributed by atoms with Crippen molar-refractivity contribution in [2.75, 3.05) is 13.6 Å². The van der Waals surface area contributed by atoms with Gasteiger partial charge in [0.25, 0.3) is 0 Å². The van der Waals surface area contributed by atoms with E-state index in [0.717, 1.165) is 25.2 Å². The number of carbonyl (C=O) groups is 1. The Hall–Kier alpha value is -0.240. The Labute approximate surface area is 128 Å². The third-order valence-electron chi connectivity index (χ3n) is 5.95. The molecule has 2 nitrogen and oxygen atoms in total. The first kappa shape index (κ1) is 14.7. The van der Waals surface area contributed by atoms with Crippen LogP contribution in [0, 0.1) is 22.2 Å². The third-order valence-corrected chi connectivity index (χ3v) is 6.09. The summed E-state index contributed by atoms with van der Waals surface area (Å²) in [5.41, 5.74) is 0.720. The van der Waals surface area contributed by atoms with E-state index in [1.165, 1.54) is 19.3 Å². The van der Waals surface area contributed by atoms with Crippen molar-refractivity contribution >= 4 is 17.5 Å². The van der Waals surface area contributed by atoms with Gasteiger partial charge in [0.05, 0.1) is 5.41 Å². The van der Waals surface area contributed by atoms with Gasteiger partial charge in [-0.2, -0.15) is 0 Å². The predicted octanol–water partition coefficient (Wildman–Crippen LogP) is 4.07. The van der Waals surface area contributed by atoms with Crippen LogP contribution in [-0.4, -0.2) is 29.8 Å². The van der Waals surface area contributed by atoms with Crippen molar-refractivity contribution < 1.29 is 4.79 Å². The van der Waals surface area contributed by atoms with Crippen LogP contribution in [0.25, 0.3) is 0 Å². The van der Waals surface area contributed by atoms with Crippen LogP contribution in [0.2, 0.25) is 0 Å². The first-order valence-corrected chi connectivity index (χ1v) is 8.49. The molecule has 0 aromatic heterocycles. The predicted molar refractivity (Wildman–Crippen MR) is 82.8 cm³/mol. The highest BCUT2D eigenvalue weighted by molar-refractivity contribution is 6.20. The molecule has 0 N–H and O–H groups in total. The Bertz CT molecular complexity index is 415. The third kappa shape index (κ3) is 2.28. The lowest BCUT2D eigenvalue weighted by atomic mass is 9.40. The van der Waals surface area contributed by atoms with Gasteiger partial charge in [0.1, 0.15) is 0 Å². The van der Waals surface area contributed by atoms with Crippen molar-refractivity contribution in [1.82, 2.24) is 4.90 Å². The van der Waals surface area contributed by atoms with Crippen LogP contribution in [0.1, 0.15) is 59.3 Å². The van der Waals surface area contributed by atoms with E-state index in [2.05, 4.69) is 13.8 Å². The lowest BCUT2D eigenvalue weighted by Crippen LogP contribution is -2.60. The Morgan fingerprint density at radius 2 is 1.75 bits per heavy atom. The molecule has 3 atom stereocenters. The van der Waals surface area contributed by atoms with Gasteiger partial charge >= 0.3 is 0 Å². The fraction of sp³-hybridized carbons (Fsp3) is 0.941. The molecule has 3 unspecified atom stereocenters. The number of alkyl halides is 1. The normalized spacial score (nSPS) is 47.4. The van der Waals surface area contributed by atoms with Gasteiger partial charge in [0.15, 0.2) is 0 Å². The molecular weight excluding hydrogens is 270 g/mol. The molecule has 0 spiro atoms. The number of hydrogen-bond donors (Lipinski definition) is 0. The molecule has 4 rings (SSSR count). The highest BCUT2D eigenvalue weighted by atomic mass is 35.5. The van der Waals surface area contributed by atoms with E-state index < -0.39 is 0 Å². The van der Waals surface area contributed by atoms with E-state index in [-0.39, 0.29) is 10.8 Å². The lowest BCUT2D eigenvalue weighted by molar-refractivity contribution is -0.178. The maximum Gasteiger partial charge on any atom is 0.228 e. The highest BCUT2D eigenvalue weighted by Gasteiger charge is 2.63. The molecule has 0 saturated heterocycles. The second-order valence-electron chi connectivity index (χ2n) is 8.88. The molecule has 0 aliphatic heterocycles. The van der Waals surface area contributed by atoms with Gasteiger partial charge in [-0.25, -0.2) is 0 Å². The van der Waals surface area contributed by atoms with E-state index in [1.54, 1.807) is 0 Å². The first-order valence-electron chi connectivity index (χ1n) is 8.05. The minimum absolute atomic E-state index is 0.0315. The van der Waals surface area contributed by atoms with Gasteiger partial charge in [0.2, 0.25) is 5.91 Å². The van der Waals surface area contributed by atoms with Gasteiger partial charge in [-0.15, -0.1) is 11.6 Å². The number of carbonyl (C=O) groups excluding carboxylic acids is 1. The van der Waals surface area contributed by atoms with Gasteiger partial charge in [-0.3, -0.25) is 4.79 Å². The molecule has 0 aromatic rings. The zero-order valence-electron chi connectivity index (χ0n) is 13.3. The summed E-state index contributed by atoms with van der Waals surface area (Å²) in [6.45, 7) is 7.47. The van der Waals surface area contributed by atoms with Crippen LogP contribution in [0.15, 0.2) is 0 Å². The largest absolute Gasteiger partial charge is 0.344 e. The number of nitrogens with zero attached hydrogens (tertiary/aromatic N) is 1. The Morgan fingerprint density at radius 3 is 2.20 bits per heavy atom. The van der Waals surface area contributed by atoms with Crippen LogP contribution in [-0.2, 0) is 4.79 Å². The summed E-state index contributed by atoms with van der Waals surface area (Å²) in [7, 11) is 1.93. The fourth-order valence-electron chi connectivity index (χ4n) is 6.55. The first-order chi connectivity index (χ1) is 9.15. The molecule has 20 heavy (non-hydrogen) atoms. The summed E-state index contributed by atoms with van der Waals surface area (Å²) >= 11 is 6.09. The summed E-state index contributed by atoms with van der Waals surface area (Å²) in [6, 6.07) is 0. The number of amides is 1. The molecular formula is C17H28ClNO. The van der Waals surface area contributed by atoms with Gasteiger partial charge in [-0.1, -0.05) is 13.8 Å². The molecule has 0 heterocycles. The molecule has 114 valence electrons. The molecule has 1 amide bonds. The topological polar surface area (TPSA) is 20.3 Å². The molecule has 4 saturated carbocycles. The second kappa shape index (κ2) is 4.38. The quantitative estimate of drug-likeness (QED) is 0.719. The molecule has 4 aliphatic carbocycles. The lowest BCUT2D eigenvalue weighted by Gasteiger charge is -2.65. The molecule has 0 aromatic carbocycles. The van der Waals surface area contributed by atoms with E-state index in [1.807, 2.05) is 18.9 Å². The minimum atomic E-state index is -0.0799. The maximum atomic E-state index is 13.1. The monoisotopic (exact) mass is 297 g/mol. The fourth-order valence-corrected chi connectivity index (χ4v) is 6.76. The van der Waals surface area contributed by atoms with Crippen molar-refractivity contribution in [3.63, 3.8) is 0 Å². The number of hydrogen-bond acceptors (Lipinski definition) is 1. The van der Waals surface area contributed by atoms with Gasteiger partial charge in [0, 0.05) is 19.0 Å². The second-order valence-corrected chi connectivity index (χ2v) is 9.62. The van der Waals surface area contributed by atoms with E-state index in [0.29, 0.717) is 23.3 Å². The van der Waals surface area contributed by atoms with Crippen molar-refractivity contribution in [2.24, 2.45) is 22.2 Å².